The predicted molar refractivity (Wildman–Crippen MR) is 121 cm³/mol. The SMILES string of the molecule is C=[N+]1C=C([Si](C)(C)C)C(CC2CCCCC2)=C[C-]1c1cc(C)c(C)cc1C. The lowest BCUT2D eigenvalue weighted by Gasteiger charge is -2.34. The quantitative estimate of drug-likeness (QED) is 0.305. The first-order chi connectivity index (χ1) is 12.7. The molecule has 1 aromatic carbocycles. The van der Waals surface area contributed by atoms with Crippen molar-refractivity contribution in [3.05, 3.63) is 63.5 Å². The van der Waals surface area contributed by atoms with Crippen LogP contribution in [-0.2, 0) is 0 Å². The molecule has 1 aliphatic heterocycles. The molecule has 0 bridgehead atoms. The van der Waals surface area contributed by atoms with Crippen LogP contribution in [0.25, 0.3) is 0 Å². The lowest BCUT2D eigenvalue weighted by Crippen LogP contribution is -2.31. The van der Waals surface area contributed by atoms with Crippen molar-refractivity contribution in [1.82, 2.24) is 0 Å². The summed E-state index contributed by atoms with van der Waals surface area (Å²) < 4.78 is 2.13. The van der Waals surface area contributed by atoms with Crippen molar-refractivity contribution in [2.75, 3.05) is 0 Å². The van der Waals surface area contributed by atoms with Crippen LogP contribution in [0.4, 0.5) is 0 Å². The molecule has 0 radical (unpaired) electrons. The van der Waals surface area contributed by atoms with E-state index in [1.54, 1.807) is 10.8 Å². The Kier molecular flexibility index (Phi) is 5.86. The Hall–Kier alpha value is -1.54. The zero-order valence-corrected chi connectivity index (χ0v) is 19.3. The van der Waals surface area contributed by atoms with Gasteiger partial charge in [-0.05, 0) is 43.0 Å². The van der Waals surface area contributed by atoms with Crippen LogP contribution in [0.15, 0.2) is 35.2 Å². The van der Waals surface area contributed by atoms with Crippen molar-refractivity contribution in [3.63, 3.8) is 0 Å². The number of nitrogens with zero attached hydrogens (tertiary/aromatic N) is 1. The molecule has 0 unspecified atom stereocenters. The second-order valence-corrected chi connectivity index (χ2v) is 14.8. The molecule has 1 saturated carbocycles. The maximum atomic E-state index is 4.39. The maximum absolute atomic E-state index is 4.39. The average Bonchev–Trinajstić information content (AvgIpc) is 2.59. The van der Waals surface area contributed by atoms with E-state index in [9.17, 15) is 0 Å². The summed E-state index contributed by atoms with van der Waals surface area (Å²) in [5.41, 5.74) is 7.00. The second-order valence-electron chi connectivity index (χ2n) is 9.78. The van der Waals surface area contributed by atoms with Crippen molar-refractivity contribution in [2.45, 2.75) is 78.9 Å². The average molecular weight is 380 g/mol. The topological polar surface area (TPSA) is 3.01 Å². The minimum Gasteiger partial charge on any atom is -0.255 e. The third-order valence-electron chi connectivity index (χ3n) is 6.41. The number of benzene rings is 1. The van der Waals surface area contributed by atoms with Crippen molar-refractivity contribution in [3.8, 4) is 0 Å². The predicted octanol–water partition coefficient (Wildman–Crippen LogP) is 6.88. The highest BCUT2D eigenvalue weighted by molar-refractivity contribution is 6.84. The largest absolute Gasteiger partial charge is 0.255 e. The van der Waals surface area contributed by atoms with Gasteiger partial charge in [-0.2, -0.15) is 0 Å². The molecule has 2 heteroatoms. The summed E-state index contributed by atoms with van der Waals surface area (Å²) in [6.45, 7) is 18.4. The summed E-state index contributed by atoms with van der Waals surface area (Å²) in [5, 5.41) is 1.59. The summed E-state index contributed by atoms with van der Waals surface area (Å²) in [7, 11) is -1.41. The smallest absolute Gasteiger partial charge is 0.147 e. The van der Waals surface area contributed by atoms with E-state index >= 15 is 0 Å². The lowest BCUT2D eigenvalue weighted by atomic mass is 9.83. The van der Waals surface area contributed by atoms with E-state index in [1.807, 2.05) is 0 Å². The highest BCUT2D eigenvalue weighted by Gasteiger charge is 2.30. The van der Waals surface area contributed by atoms with E-state index in [0.717, 1.165) is 5.92 Å². The minimum atomic E-state index is -1.41. The van der Waals surface area contributed by atoms with Crippen LogP contribution in [-0.4, -0.2) is 19.4 Å². The molecule has 1 heterocycles. The lowest BCUT2D eigenvalue weighted by molar-refractivity contribution is -0.418. The van der Waals surface area contributed by atoms with E-state index in [2.05, 4.69) is 76.1 Å². The van der Waals surface area contributed by atoms with Gasteiger partial charge in [0, 0.05) is 0 Å². The van der Waals surface area contributed by atoms with Crippen LogP contribution in [0.5, 0.6) is 0 Å². The zero-order chi connectivity index (χ0) is 19.8. The van der Waals surface area contributed by atoms with Crippen molar-refractivity contribution in [2.24, 2.45) is 5.92 Å². The standard InChI is InChI=1S/C25H37NSi/c1-18-13-20(3)23(14-19(18)2)24-16-22(15-21-11-9-8-10-12-21)25(17-26(24)4)27(5,6)7/h13-14,16-17,21H,4,8-12,15H2,1-3,5-7H3. The second kappa shape index (κ2) is 7.83. The van der Waals surface area contributed by atoms with Crippen LogP contribution in [0.1, 0.15) is 60.8 Å². The summed E-state index contributed by atoms with van der Waals surface area (Å²) in [6.07, 6.45) is 13.2. The Labute approximate surface area is 167 Å². The van der Waals surface area contributed by atoms with Crippen LogP contribution < -0.4 is 0 Å². The van der Waals surface area contributed by atoms with Crippen LogP contribution in [0.2, 0.25) is 19.6 Å². The Morgan fingerprint density at radius 3 is 2.26 bits per heavy atom. The van der Waals surface area contributed by atoms with Gasteiger partial charge in [-0.25, -0.2) is 0 Å². The van der Waals surface area contributed by atoms with Gasteiger partial charge in [-0.3, -0.25) is 4.58 Å². The molecule has 0 amide bonds. The number of hydrogen-bond donors (Lipinski definition) is 0. The Balaban J connectivity index is 1.99. The Morgan fingerprint density at radius 1 is 1.00 bits per heavy atom. The summed E-state index contributed by atoms with van der Waals surface area (Å²) >= 11 is 0. The fourth-order valence-electron chi connectivity index (χ4n) is 4.65. The molecule has 0 atom stereocenters. The van der Waals surface area contributed by atoms with Crippen molar-refractivity contribution in [1.29, 1.82) is 0 Å². The molecule has 1 aliphatic carbocycles. The Bertz CT molecular complexity index is 785. The molecule has 0 spiro atoms. The summed E-state index contributed by atoms with van der Waals surface area (Å²) in [4.78, 5) is 0. The van der Waals surface area contributed by atoms with Gasteiger partial charge < -0.3 is 0 Å². The fraction of sp³-hybridized carbons (Fsp3) is 0.520. The number of aryl methyl sites for hydroxylation is 3. The van der Waals surface area contributed by atoms with Gasteiger partial charge in [0.25, 0.3) is 0 Å². The zero-order valence-electron chi connectivity index (χ0n) is 18.3. The molecule has 1 nitrogen and oxygen atoms in total. The molecule has 1 aromatic rings. The number of rotatable bonds is 4. The molecule has 27 heavy (non-hydrogen) atoms. The van der Waals surface area contributed by atoms with Crippen LogP contribution in [0.3, 0.4) is 0 Å². The molecule has 0 saturated heterocycles. The Morgan fingerprint density at radius 2 is 1.63 bits per heavy atom. The van der Waals surface area contributed by atoms with Gasteiger partial charge in [-0.1, -0.05) is 93.1 Å². The first-order valence-electron chi connectivity index (χ1n) is 10.6. The van der Waals surface area contributed by atoms with E-state index in [4.69, 9.17) is 0 Å². The fourth-order valence-corrected chi connectivity index (χ4v) is 6.33. The van der Waals surface area contributed by atoms with Gasteiger partial charge in [0.15, 0.2) is 0 Å². The third-order valence-corrected chi connectivity index (χ3v) is 8.48. The maximum Gasteiger partial charge on any atom is 0.147 e. The van der Waals surface area contributed by atoms with Gasteiger partial charge >= 0.3 is 0 Å². The van der Waals surface area contributed by atoms with E-state index in [1.165, 1.54) is 66.8 Å². The van der Waals surface area contributed by atoms with Crippen molar-refractivity contribution >= 4 is 14.8 Å². The first-order valence-corrected chi connectivity index (χ1v) is 14.1. The minimum absolute atomic E-state index is 0.864. The summed E-state index contributed by atoms with van der Waals surface area (Å²) in [5.74, 6) is 0.864. The molecular weight excluding hydrogens is 342 g/mol. The molecule has 2 aliphatic rings. The molecular formula is C25H37NSi. The van der Waals surface area contributed by atoms with E-state index < -0.39 is 8.07 Å². The third kappa shape index (κ3) is 4.48. The van der Waals surface area contributed by atoms with Gasteiger partial charge in [-0.15, -0.1) is 0 Å². The molecule has 146 valence electrons. The highest BCUT2D eigenvalue weighted by Crippen LogP contribution is 2.39. The summed E-state index contributed by atoms with van der Waals surface area (Å²) in [6, 6.07) is 5.93. The molecule has 0 N–H and O–H groups in total. The van der Waals surface area contributed by atoms with E-state index in [0.29, 0.717) is 0 Å². The molecule has 1 fully saturated rings. The van der Waals surface area contributed by atoms with Gasteiger partial charge in [0.2, 0.25) is 0 Å². The van der Waals surface area contributed by atoms with Crippen LogP contribution >= 0.6 is 0 Å². The number of allylic oxidation sites excluding steroid dienone is 2. The first kappa shape index (κ1) is 20.2. The van der Waals surface area contributed by atoms with Gasteiger partial charge in [0.05, 0.1) is 14.8 Å². The monoisotopic (exact) mass is 379 g/mol. The highest BCUT2D eigenvalue weighted by atomic mass is 28.3. The molecule has 0 aromatic heterocycles. The van der Waals surface area contributed by atoms with Crippen LogP contribution in [0, 0.1) is 32.7 Å². The number of hydrogen-bond acceptors (Lipinski definition) is 0. The normalized spacial score (nSPS) is 19.2. The molecule has 3 rings (SSSR count). The van der Waals surface area contributed by atoms with Gasteiger partial charge in [0.1, 0.15) is 12.2 Å². The van der Waals surface area contributed by atoms with E-state index in [-0.39, 0.29) is 0 Å². The van der Waals surface area contributed by atoms with Crippen molar-refractivity contribution < 1.29 is 4.58 Å².